The first-order valence-corrected chi connectivity index (χ1v) is 2.95. The molecule has 0 aromatic carbocycles. The standard InChI is InChI=1S/C5H9NO4/c7-2-1-6-3(4(2)8)5(9)10/h2-4,6-8H,1H2,(H,9,10)/t2?,3-,4-/m0/s1. The largest absolute Gasteiger partial charge is 0.480 e. The number of rotatable bonds is 1. The van der Waals surface area contributed by atoms with Crippen molar-refractivity contribution in [2.75, 3.05) is 6.54 Å². The lowest BCUT2D eigenvalue weighted by Gasteiger charge is -2.09. The Hall–Kier alpha value is -0.650. The fraction of sp³-hybridized carbons (Fsp3) is 0.800. The number of nitrogens with one attached hydrogen (secondary N) is 1. The first-order chi connectivity index (χ1) is 4.63. The van der Waals surface area contributed by atoms with Crippen LogP contribution < -0.4 is 5.32 Å². The van der Waals surface area contributed by atoms with Crippen LogP contribution in [-0.2, 0) is 4.79 Å². The molecule has 3 atom stereocenters. The first kappa shape index (κ1) is 7.46. The fourth-order valence-electron chi connectivity index (χ4n) is 0.945. The molecule has 58 valence electrons. The van der Waals surface area contributed by atoms with Gasteiger partial charge in [0.2, 0.25) is 0 Å². The Morgan fingerprint density at radius 1 is 1.50 bits per heavy atom. The second kappa shape index (κ2) is 2.53. The number of aliphatic hydroxyl groups is 2. The fourth-order valence-corrected chi connectivity index (χ4v) is 0.945. The summed E-state index contributed by atoms with van der Waals surface area (Å²) < 4.78 is 0. The van der Waals surface area contributed by atoms with Gasteiger partial charge in [0.1, 0.15) is 12.1 Å². The summed E-state index contributed by atoms with van der Waals surface area (Å²) in [7, 11) is 0. The summed E-state index contributed by atoms with van der Waals surface area (Å²) in [5, 5.41) is 28.6. The Kier molecular flexibility index (Phi) is 1.89. The second-order valence-corrected chi connectivity index (χ2v) is 2.28. The summed E-state index contributed by atoms with van der Waals surface area (Å²) in [5.41, 5.74) is 0. The maximum Gasteiger partial charge on any atom is 0.323 e. The number of aliphatic carboxylic acids is 1. The SMILES string of the molecule is O=C(O)[C@H]1NCC(O)[C@@H]1O. The molecule has 1 rings (SSSR count). The number of hydrogen-bond acceptors (Lipinski definition) is 4. The predicted octanol–water partition coefficient (Wildman–Crippen LogP) is -2.24. The van der Waals surface area contributed by atoms with Gasteiger partial charge in [0.05, 0.1) is 6.10 Å². The molecular formula is C5H9NO4. The summed E-state index contributed by atoms with van der Waals surface area (Å²) in [6.07, 6.45) is -2.14. The van der Waals surface area contributed by atoms with E-state index in [9.17, 15) is 4.79 Å². The molecule has 1 unspecified atom stereocenters. The number of hydrogen-bond donors (Lipinski definition) is 4. The van der Waals surface area contributed by atoms with Crippen LogP contribution in [0.1, 0.15) is 0 Å². The lowest BCUT2D eigenvalue weighted by molar-refractivity contribution is -0.142. The molecule has 0 bridgehead atoms. The third-order valence-corrected chi connectivity index (χ3v) is 1.55. The van der Waals surface area contributed by atoms with E-state index in [4.69, 9.17) is 15.3 Å². The number of β-amino-alcohol motifs (C(OH)–C–C–N with tert-alkyl or cyclic N) is 1. The summed E-state index contributed by atoms with van der Waals surface area (Å²) in [5.74, 6) is -1.14. The van der Waals surface area contributed by atoms with E-state index >= 15 is 0 Å². The molecule has 0 radical (unpaired) electrons. The van der Waals surface area contributed by atoms with Gasteiger partial charge in [-0.05, 0) is 0 Å². The van der Waals surface area contributed by atoms with Gasteiger partial charge in [-0.2, -0.15) is 0 Å². The molecular weight excluding hydrogens is 138 g/mol. The maximum absolute atomic E-state index is 10.2. The van der Waals surface area contributed by atoms with Crippen LogP contribution >= 0.6 is 0 Å². The Labute approximate surface area is 57.3 Å². The molecule has 1 fully saturated rings. The Morgan fingerprint density at radius 2 is 2.10 bits per heavy atom. The minimum absolute atomic E-state index is 0.137. The molecule has 4 N–H and O–H groups in total. The number of carboxylic acid groups (broad SMARTS) is 1. The lowest BCUT2D eigenvalue weighted by Crippen LogP contribution is -2.39. The maximum atomic E-state index is 10.2. The number of aliphatic hydroxyl groups excluding tert-OH is 2. The molecule has 10 heavy (non-hydrogen) atoms. The van der Waals surface area contributed by atoms with Crippen molar-refractivity contribution in [1.82, 2.24) is 5.32 Å². The molecule has 5 nitrogen and oxygen atoms in total. The molecule has 0 amide bonds. The van der Waals surface area contributed by atoms with Crippen molar-refractivity contribution in [2.45, 2.75) is 18.2 Å². The predicted molar refractivity (Wildman–Crippen MR) is 31.4 cm³/mol. The summed E-state index contributed by atoms with van der Waals surface area (Å²) in [6.45, 7) is 0.137. The average Bonchev–Trinajstić information content (AvgIpc) is 2.14. The Bertz CT molecular complexity index is 149. The van der Waals surface area contributed by atoms with Crippen LogP contribution in [0, 0.1) is 0 Å². The molecule has 0 aliphatic carbocycles. The van der Waals surface area contributed by atoms with Gasteiger partial charge in [-0.1, -0.05) is 0 Å². The van der Waals surface area contributed by atoms with E-state index in [-0.39, 0.29) is 6.54 Å². The Balaban J connectivity index is 2.57. The number of carboxylic acids is 1. The van der Waals surface area contributed by atoms with Gasteiger partial charge in [0, 0.05) is 6.54 Å². The van der Waals surface area contributed by atoms with Crippen LogP contribution in [0.3, 0.4) is 0 Å². The van der Waals surface area contributed by atoms with Crippen molar-refractivity contribution in [3.63, 3.8) is 0 Å². The average molecular weight is 147 g/mol. The molecule has 0 aromatic rings. The van der Waals surface area contributed by atoms with Gasteiger partial charge in [0.15, 0.2) is 0 Å². The monoisotopic (exact) mass is 147 g/mol. The quantitative estimate of drug-likeness (QED) is 0.337. The van der Waals surface area contributed by atoms with E-state index in [2.05, 4.69) is 5.32 Å². The van der Waals surface area contributed by atoms with Crippen molar-refractivity contribution in [3.05, 3.63) is 0 Å². The smallest absolute Gasteiger partial charge is 0.323 e. The highest BCUT2D eigenvalue weighted by Crippen LogP contribution is 2.06. The highest BCUT2D eigenvalue weighted by molar-refractivity contribution is 5.74. The van der Waals surface area contributed by atoms with E-state index in [1.807, 2.05) is 0 Å². The van der Waals surface area contributed by atoms with Gasteiger partial charge in [-0.25, -0.2) is 0 Å². The van der Waals surface area contributed by atoms with Gasteiger partial charge in [0.25, 0.3) is 0 Å². The third-order valence-electron chi connectivity index (χ3n) is 1.55. The lowest BCUT2D eigenvalue weighted by atomic mass is 10.1. The van der Waals surface area contributed by atoms with Gasteiger partial charge in [-0.15, -0.1) is 0 Å². The van der Waals surface area contributed by atoms with Gasteiger partial charge in [-0.3, -0.25) is 10.1 Å². The van der Waals surface area contributed by atoms with Crippen molar-refractivity contribution < 1.29 is 20.1 Å². The summed E-state index contributed by atoms with van der Waals surface area (Å²) in [4.78, 5) is 10.2. The van der Waals surface area contributed by atoms with Gasteiger partial charge < -0.3 is 15.3 Å². The van der Waals surface area contributed by atoms with Crippen LogP contribution in [0.25, 0.3) is 0 Å². The normalized spacial score (nSPS) is 40.0. The van der Waals surface area contributed by atoms with E-state index < -0.39 is 24.2 Å². The molecule has 1 heterocycles. The second-order valence-electron chi connectivity index (χ2n) is 2.28. The van der Waals surface area contributed by atoms with E-state index in [1.54, 1.807) is 0 Å². The van der Waals surface area contributed by atoms with Gasteiger partial charge >= 0.3 is 5.97 Å². The number of carbonyl (C=O) groups is 1. The molecule has 5 heteroatoms. The molecule has 0 saturated carbocycles. The summed E-state index contributed by atoms with van der Waals surface area (Å²) in [6, 6.07) is -1.02. The van der Waals surface area contributed by atoms with Crippen LogP contribution in [0.15, 0.2) is 0 Å². The molecule has 1 saturated heterocycles. The minimum atomic E-state index is -1.18. The highest BCUT2D eigenvalue weighted by atomic mass is 16.4. The third kappa shape index (κ3) is 1.11. The zero-order chi connectivity index (χ0) is 7.72. The molecule has 0 spiro atoms. The van der Waals surface area contributed by atoms with Crippen LogP contribution in [-0.4, -0.2) is 46.1 Å². The van der Waals surface area contributed by atoms with Crippen LogP contribution in [0.4, 0.5) is 0 Å². The van der Waals surface area contributed by atoms with Crippen LogP contribution in [0.2, 0.25) is 0 Å². The topological polar surface area (TPSA) is 89.8 Å². The zero-order valence-electron chi connectivity index (χ0n) is 5.19. The van der Waals surface area contributed by atoms with E-state index in [0.29, 0.717) is 0 Å². The van der Waals surface area contributed by atoms with Crippen molar-refractivity contribution >= 4 is 5.97 Å². The highest BCUT2D eigenvalue weighted by Gasteiger charge is 2.37. The van der Waals surface area contributed by atoms with E-state index in [0.717, 1.165) is 0 Å². The van der Waals surface area contributed by atoms with Crippen LogP contribution in [0.5, 0.6) is 0 Å². The minimum Gasteiger partial charge on any atom is -0.480 e. The van der Waals surface area contributed by atoms with Crippen molar-refractivity contribution in [2.24, 2.45) is 0 Å². The van der Waals surface area contributed by atoms with E-state index in [1.165, 1.54) is 0 Å². The Morgan fingerprint density at radius 3 is 2.30 bits per heavy atom. The first-order valence-electron chi connectivity index (χ1n) is 2.95. The van der Waals surface area contributed by atoms with Crippen molar-refractivity contribution in [3.8, 4) is 0 Å². The molecule has 1 aliphatic heterocycles. The summed E-state index contributed by atoms with van der Waals surface area (Å²) >= 11 is 0. The zero-order valence-corrected chi connectivity index (χ0v) is 5.19. The molecule has 0 aromatic heterocycles. The van der Waals surface area contributed by atoms with Crippen molar-refractivity contribution in [1.29, 1.82) is 0 Å². The molecule has 1 aliphatic rings.